The topological polar surface area (TPSA) is 37.3 Å². The number of carbonyl (C=O) groups is 1. The van der Waals surface area contributed by atoms with Crippen LogP contribution in [0.2, 0.25) is 0 Å². The van der Waals surface area contributed by atoms with Crippen LogP contribution in [0.5, 0.6) is 0 Å². The fourth-order valence-electron chi connectivity index (χ4n) is 1.63. The number of aliphatic carboxylic acids is 1. The van der Waals surface area contributed by atoms with Crippen molar-refractivity contribution in [3.8, 4) is 0 Å². The molecule has 100 valence electrons. The summed E-state index contributed by atoms with van der Waals surface area (Å²) in [5.74, 6) is -0.668. The Kier molecular flexibility index (Phi) is 18.0. The first-order chi connectivity index (χ1) is 7.77. The maximum absolute atomic E-state index is 10.3. The van der Waals surface area contributed by atoms with E-state index in [-0.39, 0.29) is 21.1 Å². The molecular formula is C14H26MoO2. The third kappa shape index (κ3) is 18.5. The number of rotatable bonds is 11. The number of carboxylic acid groups (broad SMARTS) is 1. The van der Waals surface area contributed by atoms with Crippen molar-refractivity contribution < 1.29 is 31.0 Å². The monoisotopic (exact) mass is 324 g/mol. The van der Waals surface area contributed by atoms with E-state index in [9.17, 15) is 4.79 Å². The largest absolute Gasteiger partial charge is 0.481 e. The summed E-state index contributed by atoms with van der Waals surface area (Å²) < 4.78 is 0. The van der Waals surface area contributed by atoms with Gasteiger partial charge in [-0.3, -0.25) is 4.79 Å². The van der Waals surface area contributed by atoms with Gasteiger partial charge in [-0.05, 0) is 25.7 Å². The van der Waals surface area contributed by atoms with Crippen molar-refractivity contribution in [2.45, 2.75) is 71.1 Å². The number of unbranched alkanes of at least 4 members (excludes halogenated alkanes) is 7. The van der Waals surface area contributed by atoms with Gasteiger partial charge in [0, 0.05) is 27.5 Å². The second-order valence-electron chi connectivity index (χ2n) is 4.31. The van der Waals surface area contributed by atoms with Crippen molar-refractivity contribution in [3.05, 3.63) is 12.2 Å². The van der Waals surface area contributed by atoms with Crippen LogP contribution in [-0.2, 0) is 25.9 Å². The zero-order valence-electron chi connectivity index (χ0n) is 11.0. The van der Waals surface area contributed by atoms with E-state index in [1.165, 1.54) is 44.9 Å². The van der Waals surface area contributed by atoms with Crippen molar-refractivity contribution >= 4 is 5.97 Å². The van der Waals surface area contributed by atoms with E-state index < -0.39 is 5.97 Å². The summed E-state index contributed by atoms with van der Waals surface area (Å²) in [6.45, 7) is 2.21. The SMILES string of the molecule is CCCCC=CCCCCCCCC(=O)O.[Mo]. The van der Waals surface area contributed by atoms with Crippen LogP contribution in [0.1, 0.15) is 71.1 Å². The first-order valence-corrected chi connectivity index (χ1v) is 6.64. The smallest absolute Gasteiger partial charge is 0.303 e. The van der Waals surface area contributed by atoms with Crippen LogP contribution in [0.15, 0.2) is 12.2 Å². The van der Waals surface area contributed by atoms with Crippen LogP contribution >= 0.6 is 0 Å². The first kappa shape index (κ1) is 19.2. The molecule has 0 aromatic carbocycles. The summed E-state index contributed by atoms with van der Waals surface area (Å²) in [5.41, 5.74) is 0. The molecule has 0 aliphatic rings. The van der Waals surface area contributed by atoms with E-state index in [4.69, 9.17) is 5.11 Å². The van der Waals surface area contributed by atoms with Crippen molar-refractivity contribution in [2.24, 2.45) is 0 Å². The molecule has 17 heavy (non-hydrogen) atoms. The number of allylic oxidation sites excluding steroid dienone is 2. The molecule has 0 saturated carbocycles. The normalized spacial score (nSPS) is 10.4. The maximum Gasteiger partial charge on any atom is 0.303 e. The molecule has 0 saturated heterocycles. The molecule has 0 aliphatic carbocycles. The van der Waals surface area contributed by atoms with Gasteiger partial charge in [-0.15, -0.1) is 0 Å². The maximum atomic E-state index is 10.3. The molecule has 0 atom stereocenters. The Bertz CT molecular complexity index is 191. The van der Waals surface area contributed by atoms with Crippen LogP contribution < -0.4 is 0 Å². The minimum absolute atomic E-state index is 0. The third-order valence-corrected chi connectivity index (χ3v) is 2.65. The molecule has 0 aromatic heterocycles. The predicted octanol–water partition coefficient (Wildman–Crippen LogP) is 4.55. The van der Waals surface area contributed by atoms with Gasteiger partial charge in [0.2, 0.25) is 0 Å². The van der Waals surface area contributed by atoms with E-state index in [0.717, 1.165) is 12.8 Å². The second-order valence-corrected chi connectivity index (χ2v) is 4.31. The van der Waals surface area contributed by atoms with Crippen LogP contribution in [0, 0.1) is 0 Å². The van der Waals surface area contributed by atoms with Gasteiger partial charge in [0.05, 0.1) is 0 Å². The van der Waals surface area contributed by atoms with Crippen molar-refractivity contribution in [2.75, 3.05) is 0 Å². The van der Waals surface area contributed by atoms with Crippen molar-refractivity contribution in [1.29, 1.82) is 0 Å². The molecule has 0 unspecified atom stereocenters. The summed E-state index contributed by atoms with van der Waals surface area (Å²) in [6, 6.07) is 0. The van der Waals surface area contributed by atoms with Gasteiger partial charge < -0.3 is 5.11 Å². The van der Waals surface area contributed by atoms with Crippen LogP contribution in [-0.4, -0.2) is 11.1 Å². The molecule has 2 nitrogen and oxygen atoms in total. The number of hydrogen-bond donors (Lipinski definition) is 1. The molecule has 0 aromatic rings. The molecule has 0 spiro atoms. The minimum Gasteiger partial charge on any atom is -0.481 e. The van der Waals surface area contributed by atoms with Gasteiger partial charge in [0.25, 0.3) is 0 Å². The quantitative estimate of drug-likeness (QED) is 0.344. The second kappa shape index (κ2) is 15.9. The molecule has 1 N–H and O–H groups in total. The molecule has 0 fully saturated rings. The summed E-state index contributed by atoms with van der Waals surface area (Å²) in [5, 5.41) is 8.45. The standard InChI is InChI=1S/C14H26O2.Mo/c1-2-3-4-5-6-7-8-9-10-11-12-13-14(15)16;/h5-6H,2-4,7-13H2,1H3,(H,15,16);. The summed E-state index contributed by atoms with van der Waals surface area (Å²) in [6.07, 6.45) is 15.4. The Morgan fingerprint density at radius 3 is 2.06 bits per heavy atom. The summed E-state index contributed by atoms with van der Waals surface area (Å²) in [7, 11) is 0. The van der Waals surface area contributed by atoms with Gasteiger partial charge in [0.1, 0.15) is 0 Å². The summed E-state index contributed by atoms with van der Waals surface area (Å²) in [4.78, 5) is 10.3. The minimum atomic E-state index is -0.668. The van der Waals surface area contributed by atoms with Gasteiger partial charge in [-0.1, -0.05) is 51.2 Å². The molecule has 0 bridgehead atoms. The zero-order valence-corrected chi connectivity index (χ0v) is 13.0. The molecule has 0 rings (SSSR count). The van der Waals surface area contributed by atoms with Crippen LogP contribution in [0.3, 0.4) is 0 Å². The molecule has 3 heteroatoms. The van der Waals surface area contributed by atoms with E-state index >= 15 is 0 Å². The van der Waals surface area contributed by atoms with Gasteiger partial charge in [0.15, 0.2) is 0 Å². The fraction of sp³-hybridized carbons (Fsp3) is 0.786. The van der Waals surface area contributed by atoms with E-state index in [0.29, 0.717) is 6.42 Å². The molecule has 0 aliphatic heterocycles. The zero-order chi connectivity index (χ0) is 12.1. The Hall–Kier alpha value is -0.102. The Morgan fingerprint density at radius 2 is 1.47 bits per heavy atom. The molecular weight excluding hydrogens is 296 g/mol. The number of hydrogen-bond acceptors (Lipinski definition) is 1. The summed E-state index contributed by atoms with van der Waals surface area (Å²) >= 11 is 0. The average molecular weight is 322 g/mol. The fourth-order valence-corrected chi connectivity index (χ4v) is 1.63. The van der Waals surface area contributed by atoms with E-state index in [1.807, 2.05) is 0 Å². The first-order valence-electron chi connectivity index (χ1n) is 6.64. The predicted molar refractivity (Wildman–Crippen MR) is 68.6 cm³/mol. The average Bonchev–Trinajstić information content (AvgIpc) is 2.25. The Morgan fingerprint density at radius 1 is 0.941 bits per heavy atom. The Labute approximate surface area is 120 Å². The molecule has 0 amide bonds. The van der Waals surface area contributed by atoms with Crippen molar-refractivity contribution in [3.63, 3.8) is 0 Å². The molecule has 0 heterocycles. The van der Waals surface area contributed by atoms with Crippen molar-refractivity contribution in [1.82, 2.24) is 0 Å². The van der Waals surface area contributed by atoms with Gasteiger partial charge >= 0.3 is 5.97 Å². The van der Waals surface area contributed by atoms with E-state index in [1.54, 1.807) is 0 Å². The molecule has 0 radical (unpaired) electrons. The Balaban J connectivity index is 0. The van der Waals surface area contributed by atoms with E-state index in [2.05, 4.69) is 19.1 Å². The van der Waals surface area contributed by atoms with Crippen LogP contribution in [0.4, 0.5) is 0 Å². The third-order valence-electron chi connectivity index (χ3n) is 2.65. The van der Waals surface area contributed by atoms with Gasteiger partial charge in [-0.2, -0.15) is 0 Å². The number of carboxylic acids is 1. The van der Waals surface area contributed by atoms with Gasteiger partial charge in [-0.25, -0.2) is 0 Å². The van der Waals surface area contributed by atoms with Crippen LogP contribution in [0.25, 0.3) is 0 Å².